The summed E-state index contributed by atoms with van der Waals surface area (Å²) in [4.78, 5) is 0. The van der Waals surface area contributed by atoms with E-state index in [9.17, 15) is 0 Å². The second-order valence-corrected chi connectivity index (χ2v) is 6.88. The van der Waals surface area contributed by atoms with Crippen LogP contribution in [0.1, 0.15) is 46.6 Å². The first kappa shape index (κ1) is 16.8. The summed E-state index contributed by atoms with van der Waals surface area (Å²) in [7, 11) is 3.34. The highest BCUT2D eigenvalue weighted by atomic mass is 16.5. The van der Waals surface area contributed by atoms with Crippen LogP contribution in [0.5, 0.6) is 11.5 Å². The summed E-state index contributed by atoms with van der Waals surface area (Å²) in [5.74, 6) is 1.57. The van der Waals surface area contributed by atoms with Crippen molar-refractivity contribution in [3.05, 3.63) is 23.8 Å². The van der Waals surface area contributed by atoms with Crippen molar-refractivity contribution >= 4 is 0 Å². The molecule has 0 aromatic heterocycles. The monoisotopic (exact) mass is 279 g/mol. The highest BCUT2D eigenvalue weighted by Crippen LogP contribution is 2.34. The fraction of sp³-hybridized carbons (Fsp3) is 0.647. The van der Waals surface area contributed by atoms with Crippen LogP contribution < -0.4 is 14.8 Å². The van der Waals surface area contributed by atoms with Crippen LogP contribution in [0.15, 0.2) is 18.2 Å². The van der Waals surface area contributed by atoms with E-state index < -0.39 is 0 Å². The maximum Gasteiger partial charge on any atom is 0.161 e. The fourth-order valence-electron chi connectivity index (χ4n) is 2.15. The quantitative estimate of drug-likeness (QED) is 0.860. The van der Waals surface area contributed by atoms with Crippen LogP contribution in [0.3, 0.4) is 0 Å². The van der Waals surface area contributed by atoms with Crippen molar-refractivity contribution in [1.82, 2.24) is 5.32 Å². The predicted molar refractivity (Wildman–Crippen MR) is 84.9 cm³/mol. The molecule has 0 atom stereocenters. The zero-order valence-corrected chi connectivity index (χ0v) is 14.0. The van der Waals surface area contributed by atoms with Gasteiger partial charge in [-0.2, -0.15) is 0 Å². The summed E-state index contributed by atoms with van der Waals surface area (Å²) in [6.45, 7) is 12.1. The van der Waals surface area contributed by atoms with Crippen molar-refractivity contribution in [3.63, 3.8) is 0 Å². The van der Waals surface area contributed by atoms with Crippen LogP contribution in [0.25, 0.3) is 0 Å². The van der Waals surface area contributed by atoms with Gasteiger partial charge in [0.05, 0.1) is 14.2 Å². The summed E-state index contributed by atoms with van der Waals surface area (Å²) < 4.78 is 10.7. The average Bonchev–Trinajstić information content (AvgIpc) is 2.36. The minimum atomic E-state index is 0.0950. The molecular formula is C17H29NO2. The normalized spacial score (nSPS) is 12.3. The van der Waals surface area contributed by atoms with Crippen LogP contribution >= 0.6 is 0 Å². The Morgan fingerprint density at radius 3 is 2.05 bits per heavy atom. The van der Waals surface area contributed by atoms with E-state index in [4.69, 9.17) is 9.47 Å². The van der Waals surface area contributed by atoms with Crippen molar-refractivity contribution in [1.29, 1.82) is 0 Å². The van der Waals surface area contributed by atoms with E-state index in [1.165, 1.54) is 5.56 Å². The summed E-state index contributed by atoms with van der Waals surface area (Å²) in [5.41, 5.74) is 1.52. The first-order valence-corrected chi connectivity index (χ1v) is 7.17. The molecule has 114 valence electrons. The van der Waals surface area contributed by atoms with E-state index in [2.05, 4.69) is 52.1 Å². The summed E-state index contributed by atoms with van der Waals surface area (Å²) in [6.07, 6.45) is 1.07. The molecule has 20 heavy (non-hydrogen) atoms. The third kappa shape index (κ3) is 4.71. The Hall–Kier alpha value is -1.22. The minimum Gasteiger partial charge on any atom is -0.493 e. The van der Waals surface area contributed by atoms with E-state index in [0.29, 0.717) is 0 Å². The van der Waals surface area contributed by atoms with Crippen LogP contribution in [0.2, 0.25) is 0 Å². The minimum absolute atomic E-state index is 0.0950. The van der Waals surface area contributed by atoms with Crippen LogP contribution in [-0.2, 0) is 5.41 Å². The molecule has 3 nitrogen and oxygen atoms in total. The van der Waals surface area contributed by atoms with Gasteiger partial charge in [0.1, 0.15) is 0 Å². The number of benzene rings is 1. The molecule has 0 aliphatic rings. The Labute approximate surface area is 123 Å². The lowest BCUT2D eigenvalue weighted by molar-refractivity contribution is 0.350. The van der Waals surface area contributed by atoms with E-state index in [1.807, 2.05) is 6.07 Å². The largest absolute Gasteiger partial charge is 0.493 e. The molecule has 1 rings (SSSR count). The SMILES string of the molecule is COc1ccc(C(C)(C)CCNC(C)(C)C)cc1OC. The van der Waals surface area contributed by atoms with Gasteiger partial charge in [-0.25, -0.2) is 0 Å². The van der Waals surface area contributed by atoms with Crippen LogP contribution in [-0.4, -0.2) is 26.3 Å². The molecule has 0 amide bonds. The highest BCUT2D eigenvalue weighted by molar-refractivity contribution is 5.44. The topological polar surface area (TPSA) is 30.5 Å². The maximum atomic E-state index is 5.39. The Balaban J connectivity index is 2.81. The smallest absolute Gasteiger partial charge is 0.161 e. The molecule has 0 saturated carbocycles. The Bertz CT molecular complexity index is 433. The van der Waals surface area contributed by atoms with Crippen molar-refractivity contribution < 1.29 is 9.47 Å². The molecule has 0 aliphatic heterocycles. The first-order valence-electron chi connectivity index (χ1n) is 7.17. The Kier molecular flexibility index (Phi) is 5.46. The Morgan fingerprint density at radius 1 is 0.950 bits per heavy atom. The molecule has 0 heterocycles. The first-order chi connectivity index (χ1) is 9.19. The average molecular weight is 279 g/mol. The van der Waals surface area contributed by atoms with Gasteiger partial charge < -0.3 is 14.8 Å². The van der Waals surface area contributed by atoms with E-state index in [-0.39, 0.29) is 11.0 Å². The molecule has 0 fully saturated rings. The van der Waals surface area contributed by atoms with E-state index in [0.717, 1.165) is 24.5 Å². The Morgan fingerprint density at radius 2 is 1.55 bits per heavy atom. The number of ether oxygens (including phenoxy) is 2. The van der Waals surface area contributed by atoms with Crippen LogP contribution in [0, 0.1) is 0 Å². The molecule has 1 N–H and O–H groups in total. The molecule has 1 aromatic carbocycles. The molecule has 0 aliphatic carbocycles. The molecule has 0 bridgehead atoms. The number of rotatable bonds is 6. The van der Waals surface area contributed by atoms with E-state index >= 15 is 0 Å². The summed E-state index contributed by atoms with van der Waals surface area (Å²) >= 11 is 0. The molecule has 0 saturated heterocycles. The molecule has 1 aromatic rings. The third-order valence-electron chi connectivity index (χ3n) is 3.57. The third-order valence-corrected chi connectivity index (χ3v) is 3.57. The van der Waals surface area contributed by atoms with Gasteiger partial charge in [0.2, 0.25) is 0 Å². The van der Waals surface area contributed by atoms with Gasteiger partial charge in [0, 0.05) is 5.54 Å². The summed E-state index contributed by atoms with van der Waals surface area (Å²) in [5, 5.41) is 3.54. The number of nitrogens with one attached hydrogen (secondary N) is 1. The molecular weight excluding hydrogens is 250 g/mol. The standard InChI is InChI=1S/C17H29NO2/c1-16(2,3)18-11-10-17(4,5)13-8-9-14(19-6)15(12-13)20-7/h8-9,12,18H,10-11H2,1-7H3. The van der Waals surface area contributed by atoms with Crippen molar-refractivity contribution in [2.75, 3.05) is 20.8 Å². The molecule has 3 heteroatoms. The molecule has 0 unspecified atom stereocenters. The van der Waals surface area contributed by atoms with Gasteiger partial charge >= 0.3 is 0 Å². The van der Waals surface area contributed by atoms with Crippen molar-refractivity contribution in [2.24, 2.45) is 0 Å². The summed E-state index contributed by atoms with van der Waals surface area (Å²) in [6, 6.07) is 6.18. The fourth-order valence-corrected chi connectivity index (χ4v) is 2.15. The van der Waals surface area contributed by atoms with Crippen molar-refractivity contribution in [3.8, 4) is 11.5 Å². The van der Waals surface area contributed by atoms with Gasteiger partial charge in [-0.05, 0) is 56.8 Å². The predicted octanol–water partition coefficient (Wildman–Crippen LogP) is 3.76. The van der Waals surface area contributed by atoms with Gasteiger partial charge in [0.25, 0.3) is 0 Å². The number of hydrogen-bond donors (Lipinski definition) is 1. The van der Waals surface area contributed by atoms with Gasteiger partial charge in [-0.1, -0.05) is 19.9 Å². The van der Waals surface area contributed by atoms with Crippen molar-refractivity contribution in [2.45, 2.75) is 52.0 Å². The van der Waals surface area contributed by atoms with Gasteiger partial charge in [-0.3, -0.25) is 0 Å². The molecule has 0 spiro atoms. The molecule has 0 radical (unpaired) electrons. The lowest BCUT2D eigenvalue weighted by atomic mass is 9.81. The highest BCUT2D eigenvalue weighted by Gasteiger charge is 2.22. The van der Waals surface area contributed by atoms with Crippen LogP contribution in [0.4, 0.5) is 0 Å². The number of hydrogen-bond acceptors (Lipinski definition) is 3. The zero-order chi connectivity index (χ0) is 15.4. The second-order valence-electron chi connectivity index (χ2n) is 6.88. The lowest BCUT2D eigenvalue weighted by Crippen LogP contribution is -2.38. The second kappa shape index (κ2) is 6.49. The lowest BCUT2D eigenvalue weighted by Gasteiger charge is -2.29. The van der Waals surface area contributed by atoms with Gasteiger partial charge in [0.15, 0.2) is 11.5 Å². The van der Waals surface area contributed by atoms with Gasteiger partial charge in [-0.15, -0.1) is 0 Å². The zero-order valence-electron chi connectivity index (χ0n) is 14.0. The number of methoxy groups -OCH3 is 2. The van der Waals surface area contributed by atoms with E-state index in [1.54, 1.807) is 14.2 Å². The maximum absolute atomic E-state index is 5.39.